The average molecular weight is 411 g/mol. The fraction of sp³-hybridized carbons (Fsp3) is 0.0500. The van der Waals surface area contributed by atoms with Crippen LogP contribution in [-0.4, -0.2) is 21.9 Å². The molecular weight excluding hydrogens is 396 g/mol. The van der Waals surface area contributed by atoms with Crippen molar-refractivity contribution in [3.8, 4) is 5.69 Å². The highest BCUT2D eigenvalue weighted by atomic mass is 35.5. The Labute approximate surface area is 169 Å². The molecular formula is C20H15ClN4O2S. The maximum Gasteiger partial charge on any atom is 0.283 e. The van der Waals surface area contributed by atoms with Gasteiger partial charge in [0.2, 0.25) is 0 Å². The number of thiophene rings is 1. The lowest BCUT2D eigenvalue weighted by atomic mass is 10.2. The number of carbonyl (C=O) groups is 1. The predicted molar refractivity (Wildman–Crippen MR) is 113 cm³/mol. The van der Waals surface area contributed by atoms with Crippen LogP contribution in [-0.2, 0) is 0 Å². The molecule has 0 bridgehead atoms. The zero-order chi connectivity index (χ0) is 19.7. The van der Waals surface area contributed by atoms with Gasteiger partial charge in [-0.1, -0.05) is 48.0 Å². The minimum Gasteiger partial charge on any atom is -0.295 e. The molecule has 0 radical (unpaired) electrons. The smallest absolute Gasteiger partial charge is 0.283 e. The van der Waals surface area contributed by atoms with Crippen molar-refractivity contribution in [3.05, 3.63) is 86.1 Å². The number of hydrogen-bond acceptors (Lipinski definition) is 4. The Morgan fingerprint density at radius 3 is 2.64 bits per heavy atom. The molecule has 0 saturated heterocycles. The van der Waals surface area contributed by atoms with E-state index in [1.807, 2.05) is 54.6 Å². The number of H-pyrrole nitrogens is 1. The highest BCUT2D eigenvalue weighted by Crippen LogP contribution is 2.34. The fourth-order valence-corrected chi connectivity index (χ4v) is 4.24. The molecule has 4 aromatic rings. The molecule has 2 aromatic carbocycles. The molecule has 2 heterocycles. The van der Waals surface area contributed by atoms with Crippen LogP contribution in [0.1, 0.15) is 20.9 Å². The number of carbonyl (C=O) groups excluding carboxylic acids is 1. The van der Waals surface area contributed by atoms with Gasteiger partial charge in [0.15, 0.2) is 0 Å². The largest absolute Gasteiger partial charge is 0.295 e. The highest BCUT2D eigenvalue weighted by molar-refractivity contribution is 7.21. The van der Waals surface area contributed by atoms with Crippen LogP contribution in [0.5, 0.6) is 0 Å². The van der Waals surface area contributed by atoms with Gasteiger partial charge in [0.25, 0.3) is 11.5 Å². The third-order valence-electron chi connectivity index (χ3n) is 4.23. The topological polar surface area (TPSA) is 79.2 Å². The normalized spacial score (nSPS) is 11.4. The monoisotopic (exact) mass is 410 g/mol. The van der Waals surface area contributed by atoms with E-state index < -0.39 is 5.91 Å². The van der Waals surface area contributed by atoms with E-state index in [1.165, 1.54) is 22.2 Å². The van der Waals surface area contributed by atoms with Crippen LogP contribution in [0.3, 0.4) is 0 Å². The van der Waals surface area contributed by atoms with Crippen molar-refractivity contribution in [1.82, 2.24) is 15.2 Å². The second kappa shape index (κ2) is 7.46. The Kier molecular flexibility index (Phi) is 4.85. The number of amides is 1. The van der Waals surface area contributed by atoms with Gasteiger partial charge in [-0.05, 0) is 25.1 Å². The van der Waals surface area contributed by atoms with Crippen molar-refractivity contribution < 1.29 is 4.79 Å². The molecule has 4 rings (SSSR count). The molecule has 140 valence electrons. The molecule has 0 unspecified atom stereocenters. The van der Waals surface area contributed by atoms with Crippen LogP contribution in [0.15, 0.2) is 64.5 Å². The van der Waals surface area contributed by atoms with Crippen LogP contribution in [0.2, 0.25) is 5.02 Å². The van der Waals surface area contributed by atoms with Crippen molar-refractivity contribution in [1.29, 1.82) is 0 Å². The van der Waals surface area contributed by atoms with Crippen molar-refractivity contribution >= 4 is 45.1 Å². The minimum atomic E-state index is -0.418. The third kappa shape index (κ3) is 3.26. The van der Waals surface area contributed by atoms with Gasteiger partial charge in [-0.3, -0.25) is 14.7 Å². The molecule has 8 heteroatoms. The van der Waals surface area contributed by atoms with Gasteiger partial charge in [0.1, 0.15) is 4.88 Å². The molecule has 6 nitrogen and oxygen atoms in total. The van der Waals surface area contributed by atoms with Gasteiger partial charge >= 0.3 is 0 Å². The SMILES string of the molecule is Cc1[nH]n(-c2ccccc2)c(=O)c1/C=N\NC(=O)c1sc2ccccc2c1Cl. The first-order valence-electron chi connectivity index (χ1n) is 8.43. The summed E-state index contributed by atoms with van der Waals surface area (Å²) >= 11 is 7.60. The van der Waals surface area contributed by atoms with Crippen molar-refractivity contribution in [2.45, 2.75) is 6.92 Å². The molecule has 0 aliphatic heterocycles. The number of para-hydroxylation sites is 1. The number of aryl methyl sites for hydroxylation is 1. The van der Waals surface area contributed by atoms with E-state index in [1.54, 1.807) is 6.92 Å². The third-order valence-corrected chi connectivity index (χ3v) is 5.91. The van der Waals surface area contributed by atoms with Crippen LogP contribution >= 0.6 is 22.9 Å². The Morgan fingerprint density at radius 2 is 1.89 bits per heavy atom. The summed E-state index contributed by atoms with van der Waals surface area (Å²) in [7, 11) is 0. The molecule has 0 aliphatic rings. The van der Waals surface area contributed by atoms with Gasteiger partial charge in [-0.25, -0.2) is 10.1 Å². The van der Waals surface area contributed by atoms with Crippen LogP contribution < -0.4 is 11.0 Å². The number of hydrogen-bond donors (Lipinski definition) is 2. The van der Waals surface area contributed by atoms with Gasteiger partial charge in [0.05, 0.1) is 22.5 Å². The van der Waals surface area contributed by atoms with Crippen molar-refractivity contribution in [2.24, 2.45) is 5.10 Å². The number of benzene rings is 2. The summed E-state index contributed by atoms with van der Waals surface area (Å²) in [4.78, 5) is 25.4. The van der Waals surface area contributed by atoms with Crippen LogP contribution in [0.25, 0.3) is 15.8 Å². The van der Waals surface area contributed by atoms with E-state index >= 15 is 0 Å². The molecule has 1 amide bonds. The number of aromatic amines is 1. The summed E-state index contributed by atoms with van der Waals surface area (Å²) < 4.78 is 2.36. The number of hydrazone groups is 1. The molecule has 2 aromatic heterocycles. The standard InChI is InChI=1S/C20H15ClN4O2S/c1-12-15(20(27)25(24-12)13-7-3-2-4-8-13)11-22-23-19(26)18-17(21)14-9-5-6-10-16(14)28-18/h2-11,24H,1H3,(H,23,26)/b22-11-. The summed E-state index contributed by atoms with van der Waals surface area (Å²) in [6.45, 7) is 1.77. The first-order chi connectivity index (χ1) is 13.6. The molecule has 0 saturated carbocycles. The second-order valence-corrected chi connectivity index (χ2v) is 7.50. The summed E-state index contributed by atoms with van der Waals surface area (Å²) in [5.41, 5.74) is 3.93. The molecule has 28 heavy (non-hydrogen) atoms. The number of halogens is 1. The molecule has 2 N–H and O–H groups in total. The minimum absolute atomic E-state index is 0.249. The Balaban J connectivity index is 1.57. The fourth-order valence-electron chi connectivity index (χ4n) is 2.84. The summed E-state index contributed by atoms with van der Waals surface area (Å²) in [6.07, 6.45) is 1.34. The maximum atomic E-state index is 12.6. The zero-order valence-electron chi connectivity index (χ0n) is 14.8. The molecule has 0 fully saturated rings. The zero-order valence-corrected chi connectivity index (χ0v) is 16.3. The Morgan fingerprint density at radius 1 is 1.18 bits per heavy atom. The number of fused-ring (bicyclic) bond motifs is 1. The lowest BCUT2D eigenvalue weighted by Gasteiger charge is -1.99. The van der Waals surface area contributed by atoms with Gasteiger partial charge < -0.3 is 0 Å². The quantitative estimate of drug-likeness (QED) is 0.392. The molecule has 0 spiro atoms. The Hall–Kier alpha value is -3.16. The van der Waals surface area contributed by atoms with Gasteiger partial charge in [0, 0.05) is 15.8 Å². The van der Waals surface area contributed by atoms with Gasteiger partial charge in [-0.2, -0.15) is 5.10 Å². The van der Waals surface area contributed by atoms with Gasteiger partial charge in [-0.15, -0.1) is 11.3 Å². The lowest BCUT2D eigenvalue weighted by molar-refractivity contribution is 0.0959. The first-order valence-corrected chi connectivity index (χ1v) is 9.63. The van der Waals surface area contributed by atoms with Crippen LogP contribution in [0, 0.1) is 6.92 Å². The van der Waals surface area contributed by atoms with Crippen molar-refractivity contribution in [3.63, 3.8) is 0 Å². The number of rotatable bonds is 4. The van der Waals surface area contributed by atoms with E-state index in [9.17, 15) is 9.59 Å². The average Bonchev–Trinajstić information content (AvgIpc) is 3.20. The number of aromatic nitrogens is 2. The summed E-state index contributed by atoms with van der Waals surface area (Å²) in [6, 6.07) is 16.7. The molecule has 0 atom stereocenters. The van der Waals surface area contributed by atoms with E-state index in [0.29, 0.717) is 21.2 Å². The Bertz CT molecular complexity index is 1250. The van der Waals surface area contributed by atoms with E-state index in [2.05, 4.69) is 15.6 Å². The second-order valence-electron chi connectivity index (χ2n) is 6.07. The molecule has 0 aliphatic carbocycles. The summed E-state index contributed by atoms with van der Waals surface area (Å²) in [5.74, 6) is -0.418. The van der Waals surface area contributed by atoms with Crippen molar-refractivity contribution in [2.75, 3.05) is 0 Å². The summed E-state index contributed by atoms with van der Waals surface area (Å²) in [5, 5.41) is 8.18. The maximum absolute atomic E-state index is 12.6. The predicted octanol–water partition coefficient (Wildman–Crippen LogP) is 4.11. The highest BCUT2D eigenvalue weighted by Gasteiger charge is 2.16. The first kappa shape index (κ1) is 18.2. The van der Waals surface area contributed by atoms with E-state index in [0.717, 1.165) is 15.8 Å². The number of nitrogens with one attached hydrogen (secondary N) is 2. The van der Waals surface area contributed by atoms with E-state index in [4.69, 9.17) is 11.6 Å². The van der Waals surface area contributed by atoms with E-state index in [-0.39, 0.29) is 5.56 Å². The lowest BCUT2D eigenvalue weighted by Crippen LogP contribution is -2.19. The number of nitrogens with zero attached hydrogens (tertiary/aromatic N) is 2. The van der Waals surface area contributed by atoms with Crippen LogP contribution in [0.4, 0.5) is 0 Å².